The van der Waals surface area contributed by atoms with Gasteiger partial charge in [0.05, 0.1) is 0 Å². The molecular formula is C11H17NO4S2. The van der Waals surface area contributed by atoms with Crippen molar-refractivity contribution in [3.8, 4) is 0 Å². The average molecular weight is 291 g/mol. The van der Waals surface area contributed by atoms with Gasteiger partial charge >= 0.3 is 5.97 Å². The minimum atomic E-state index is -3.68. The van der Waals surface area contributed by atoms with Crippen molar-refractivity contribution in [2.24, 2.45) is 5.92 Å². The zero-order valence-corrected chi connectivity index (χ0v) is 12.0. The van der Waals surface area contributed by atoms with Crippen molar-refractivity contribution in [3.63, 3.8) is 0 Å². The molecule has 0 unspecified atom stereocenters. The summed E-state index contributed by atoms with van der Waals surface area (Å²) in [6.45, 7) is 3.67. The summed E-state index contributed by atoms with van der Waals surface area (Å²) >= 11 is 1.10. The number of carboxylic acid groups (broad SMARTS) is 1. The molecule has 7 heteroatoms. The quantitative estimate of drug-likeness (QED) is 0.832. The van der Waals surface area contributed by atoms with Crippen molar-refractivity contribution in [1.82, 2.24) is 4.31 Å². The molecule has 1 heterocycles. The molecule has 0 saturated heterocycles. The second kappa shape index (κ2) is 6.31. The van der Waals surface area contributed by atoms with Crippen molar-refractivity contribution in [1.29, 1.82) is 0 Å². The summed E-state index contributed by atoms with van der Waals surface area (Å²) in [5.41, 5.74) is 0. The van der Waals surface area contributed by atoms with Crippen LogP contribution in [0.1, 0.15) is 20.3 Å². The third kappa shape index (κ3) is 4.08. The summed E-state index contributed by atoms with van der Waals surface area (Å²) in [5, 5.41) is 10.5. The fourth-order valence-corrected chi connectivity index (χ4v) is 3.92. The van der Waals surface area contributed by atoms with Gasteiger partial charge in [0, 0.05) is 6.54 Å². The van der Waals surface area contributed by atoms with Gasteiger partial charge in [-0.3, -0.25) is 4.79 Å². The van der Waals surface area contributed by atoms with Crippen LogP contribution in [0.15, 0.2) is 21.7 Å². The van der Waals surface area contributed by atoms with E-state index in [1.807, 2.05) is 13.8 Å². The van der Waals surface area contributed by atoms with Crippen LogP contribution in [0.2, 0.25) is 0 Å². The largest absolute Gasteiger partial charge is 0.480 e. The normalized spacial score (nSPS) is 12.2. The predicted octanol–water partition coefficient (Wildman–Crippen LogP) is 1.87. The first-order valence-electron chi connectivity index (χ1n) is 5.59. The minimum Gasteiger partial charge on any atom is -0.480 e. The van der Waals surface area contributed by atoms with E-state index < -0.39 is 22.5 Å². The lowest BCUT2D eigenvalue weighted by atomic mass is 10.1. The highest BCUT2D eigenvalue weighted by Gasteiger charge is 2.27. The maximum Gasteiger partial charge on any atom is 0.318 e. The van der Waals surface area contributed by atoms with Gasteiger partial charge in [0.25, 0.3) is 10.0 Å². The number of nitrogens with zero attached hydrogens (tertiary/aromatic N) is 1. The van der Waals surface area contributed by atoms with Crippen LogP contribution >= 0.6 is 11.3 Å². The topological polar surface area (TPSA) is 74.7 Å². The molecular weight excluding hydrogens is 274 g/mol. The smallest absolute Gasteiger partial charge is 0.318 e. The Labute approximate surface area is 111 Å². The number of carboxylic acids is 1. The van der Waals surface area contributed by atoms with Gasteiger partial charge in [-0.05, 0) is 23.8 Å². The van der Waals surface area contributed by atoms with E-state index in [-0.39, 0.29) is 10.8 Å². The van der Waals surface area contributed by atoms with E-state index in [1.165, 1.54) is 6.07 Å². The number of aliphatic carboxylic acids is 1. The molecule has 0 atom stereocenters. The van der Waals surface area contributed by atoms with Gasteiger partial charge in [0.1, 0.15) is 10.8 Å². The number of rotatable bonds is 7. The molecule has 0 aromatic carbocycles. The number of hydrogen-bond acceptors (Lipinski definition) is 4. The predicted molar refractivity (Wildman–Crippen MR) is 70.2 cm³/mol. The molecule has 1 aromatic rings. The van der Waals surface area contributed by atoms with Gasteiger partial charge < -0.3 is 5.11 Å². The van der Waals surface area contributed by atoms with Crippen LogP contribution in [-0.2, 0) is 14.8 Å². The van der Waals surface area contributed by atoms with Gasteiger partial charge in [0.15, 0.2) is 0 Å². The molecule has 0 radical (unpaired) electrons. The molecule has 102 valence electrons. The maximum absolute atomic E-state index is 12.2. The Morgan fingerprint density at radius 3 is 2.61 bits per heavy atom. The first-order valence-corrected chi connectivity index (χ1v) is 7.91. The van der Waals surface area contributed by atoms with E-state index in [4.69, 9.17) is 5.11 Å². The van der Waals surface area contributed by atoms with Crippen molar-refractivity contribution < 1.29 is 18.3 Å². The third-order valence-electron chi connectivity index (χ3n) is 2.36. The van der Waals surface area contributed by atoms with Gasteiger partial charge in [-0.15, -0.1) is 11.3 Å². The molecule has 0 aliphatic rings. The lowest BCUT2D eigenvalue weighted by molar-refractivity contribution is -0.137. The van der Waals surface area contributed by atoms with Crippen LogP contribution in [0.4, 0.5) is 0 Å². The molecule has 0 fully saturated rings. The molecule has 1 N–H and O–H groups in total. The Balaban J connectivity index is 2.91. The van der Waals surface area contributed by atoms with E-state index in [9.17, 15) is 13.2 Å². The van der Waals surface area contributed by atoms with E-state index in [2.05, 4.69) is 0 Å². The zero-order valence-electron chi connectivity index (χ0n) is 10.4. The average Bonchev–Trinajstić information content (AvgIpc) is 2.76. The number of thiophene rings is 1. The second-order valence-electron chi connectivity index (χ2n) is 4.35. The van der Waals surface area contributed by atoms with E-state index in [0.29, 0.717) is 12.3 Å². The molecule has 1 aromatic heterocycles. The molecule has 0 amide bonds. The highest BCUT2D eigenvalue weighted by atomic mass is 32.2. The number of hydrogen-bond donors (Lipinski definition) is 1. The lowest BCUT2D eigenvalue weighted by Crippen LogP contribution is -2.36. The molecule has 0 aliphatic carbocycles. The van der Waals surface area contributed by atoms with Gasteiger partial charge in [-0.25, -0.2) is 8.42 Å². The summed E-state index contributed by atoms with van der Waals surface area (Å²) in [6.07, 6.45) is 0.637. The number of carbonyl (C=O) groups is 1. The zero-order chi connectivity index (χ0) is 13.8. The monoisotopic (exact) mass is 291 g/mol. The first-order chi connectivity index (χ1) is 8.34. The highest BCUT2D eigenvalue weighted by Crippen LogP contribution is 2.21. The summed E-state index contributed by atoms with van der Waals surface area (Å²) in [4.78, 5) is 10.8. The first kappa shape index (κ1) is 15.1. The lowest BCUT2D eigenvalue weighted by Gasteiger charge is -2.20. The summed E-state index contributed by atoms with van der Waals surface area (Å²) in [7, 11) is -3.68. The van der Waals surface area contributed by atoms with E-state index in [1.54, 1.807) is 11.4 Å². The maximum atomic E-state index is 12.2. The summed E-state index contributed by atoms with van der Waals surface area (Å²) in [5.74, 6) is -0.821. The summed E-state index contributed by atoms with van der Waals surface area (Å²) in [6, 6.07) is 3.13. The van der Waals surface area contributed by atoms with Crippen LogP contribution in [0.3, 0.4) is 0 Å². The Hall–Kier alpha value is -0.920. The molecule has 0 saturated carbocycles. The molecule has 0 aliphatic heterocycles. The second-order valence-corrected chi connectivity index (χ2v) is 7.46. The van der Waals surface area contributed by atoms with Crippen LogP contribution in [0.5, 0.6) is 0 Å². The molecule has 1 rings (SSSR count). The van der Waals surface area contributed by atoms with Crippen molar-refractivity contribution in [3.05, 3.63) is 17.5 Å². The Kier molecular flexibility index (Phi) is 5.30. The van der Waals surface area contributed by atoms with Crippen molar-refractivity contribution in [2.45, 2.75) is 24.5 Å². The minimum absolute atomic E-state index is 0.188. The van der Waals surface area contributed by atoms with Crippen LogP contribution in [0.25, 0.3) is 0 Å². The van der Waals surface area contributed by atoms with Gasteiger partial charge in [0.2, 0.25) is 0 Å². The van der Waals surface area contributed by atoms with E-state index >= 15 is 0 Å². The van der Waals surface area contributed by atoms with Crippen molar-refractivity contribution >= 4 is 27.3 Å². The summed E-state index contributed by atoms with van der Waals surface area (Å²) < 4.78 is 25.6. The molecule has 0 spiro atoms. The highest BCUT2D eigenvalue weighted by molar-refractivity contribution is 7.91. The fraction of sp³-hybridized carbons (Fsp3) is 0.545. The van der Waals surface area contributed by atoms with E-state index in [0.717, 1.165) is 15.6 Å². The van der Waals surface area contributed by atoms with Gasteiger partial charge in [-0.2, -0.15) is 4.31 Å². The van der Waals surface area contributed by atoms with Crippen LogP contribution < -0.4 is 0 Å². The molecule has 0 bridgehead atoms. The SMILES string of the molecule is CC(C)CCN(CC(=O)O)S(=O)(=O)c1cccs1. The fourth-order valence-electron chi connectivity index (χ4n) is 1.37. The molecule has 18 heavy (non-hydrogen) atoms. The van der Waals surface area contributed by atoms with Crippen LogP contribution in [-0.4, -0.2) is 36.9 Å². The molecule has 5 nitrogen and oxygen atoms in total. The Morgan fingerprint density at radius 1 is 1.50 bits per heavy atom. The van der Waals surface area contributed by atoms with Crippen molar-refractivity contribution in [2.75, 3.05) is 13.1 Å². The standard InChI is InChI=1S/C11H17NO4S2/c1-9(2)5-6-12(8-10(13)14)18(15,16)11-4-3-7-17-11/h3-4,7,9H,5-6,8H2,1-2H3,(H,13,14). The Bertz CT molecular complexity index is 479. The number of sulfonamides is 1. The van der Waals surface area contributed by atoms with Gasteiger partial charge in [-0.1, -0.05) is 19.9 Å². The Morgan fingerprint density at radius 2 is 2.17 bits per heavy atom. The van der Waals surface area contributed by atoms with Crippen LogP contribution in [0, 0.1) is 5.92 Å². The third-order valence-corrected chi connectivity index (χ3v) is 5.57.